The number of hydrogen-bond donors (Lipinski definition) is 2. The van der Waals surface area contributed by atoms with E-state index in [1.807, 2.05) is 72.8 Å². The van der Waals surface area contributed by atoms with Crippen LogP contribution in [0.3, 0.4) is 0 Å². The molecule has 1 unspecified atom stereocenters. The van der Waals surface area contributed by atoms with Crippen LogP contribution in [0.4, 0.5) is 0 Å². The smallest absolute Gasteiger partial charge is 0.261 e. The minimum atomic E-state index is -0.867. The molecule has 3 rings (SSSR count). The van der Waals surface area contributed by atoms with Gasteiger partial charge in [0.1, 0.15) is 17.5 Å². The fourth-order valence-electron chi connectivity index (χ4n) is 3.49. The summed E-state index contributed by atoms with van der Waals surface area (Å²) in [5, 5.41) is 11.9. The average molecular weight is 463 g/mol. The van der Waals surface area contributed by atoms with E-state index in [9.17, 15) is 9.59 Å². The first-order chi connectivity index (χ1) is 16.6. The lowest BCUT2D eigenvalue weighted by Gasteiger charge is -2.31. The molecule has 0 aromatic heterocycles. The van der Waals surface area contributed by atoms with Crippen molar-refractivity contribution in [2.75, 3.05) is 26.9 Å². The van der Waals surface area contributed by atoms with Gasteiger partial charge in [-0.25, -0.2) is 0 Å². The summed E-state index contributed by atoms with van der Waals surface area (Å²) in [4.78, 5) is 28.3. The van der Waals surface area contributed by atoms with Gasteiger partial charge < -0.3 is 24.8 Å². The number of methoxy groups -OCH3 is 1. The van der Waals surface area contributed by atoms with E-state index in [1.165, 1.54) is 4.90 Å². The van der Waals surface area contributed by atoms with Crippen LogP contribution in [0.2, 0.25) is 0 Å². The van der Waals surface area contributed by atoms with Gasteiger partial charge in [-0.15, -0.1) is 0 Å². The fourth-order valence-corrected chi connectivity index (χ4v) is 3.49. The number of ether oxygens (including phenoxy) is 2. The topological polar surface area (TPSA) is 88.1 Å². The number of aliphatic hydroxyl groups is 1. The zero-order valence-electron chi connectivity index (χ0n) is 19.2. The van der Waals surface area contributed by atoms with Crippen molar-refractivity contribution in [2.24, 2.45) is 0 Å². The highest BCUT2D eigenvalue weighted by Crippen LogP contribution is 2.25. The maximum atomic E-state index is 13.4. The third-order valence-electron chi connectivity index (χ3n) is 5.25. The van der Waals surface area contributed by atoms with Gasteiger partial charge in [0, 0.05) is 19.7 Å². The molecule has 0 fully saturated rings. The molecule has 1 atom stereocenters. The quantitative estimate of drug-likeness (QED) is 0.403. The van der Waals surface area contributed by atoms with Crippen molar-refractivity contribution < 1.29 is 24.2 Å². The van der Waals surface area contributed by atoms with Crippen molar-refractivity contribution in [2.45, 2.75) is 19.0 Å². The average Bonchev–Trinajstić information content (AvgIpc) is 2.88. The molecule has 0 saturated carbocycles. The molecular weight excluding hydrogens is 432 g/mol. The first kappa shape index (κ1) is 24.8. The molecule has 3 aromatic carbocycles. The van der Waals surface area contributed by atoms with Gasteiger partial charge in [-0.1, -0.05) is 60.7 Å². The van der Waals surface area contributed by atoms with Crippen LogP contribution in [0.5, 0.6) is 11.5 Å². The molecule has 0 bridgehead atoms. The SMILES string of the molecule is COc1ccc(CN(C(=O)COc2ccccc2)C(C(=O)NCCCO)c2ccccc2)cc1. The van der Waals surface area contributed by atoms with Crippen LogP contribution in [0.1, 0.15) is 23.6 Å². The Morgan fingerprint density at radius 3 is 2.18 bits per heavy atom. The van der Waals surface area contributed by atoms with Crippen LogP contribution in [-0.2, 0) is 16.1 Å². The van der Waals surface area contributed by atoms with Crippen LogP contribution in [0.25, 0.3) is 0 Å². The molecule has 0 spiro atoms. The van der Waals surface area contributed by atoms with E-state index in [0.717, 1.165) is 5.56 Å². The Kier molecular flexibility index (Phi) is 9.49. The van der Waals surface area contributed by atoms with Crippen LogP contribution in [-0.4, -0.2) is 48.7 Å². The standard InChI is InChI=1S/C27H30N2O5/c1-33-23-15-13-21(14-16-23)19-29(25(31)20-34-24-11-6-3-7-12-24)26(22-9-4-2-5-10-22)27(32)28-17-8-18-30/h2-7,9-16,26,30H,8,17-20H2,1H3,(H,28,32). The van der Waals surface area contributed by atoms with Crippen molar-refractivity contribution in [1.82, 2.24) is 10.2 Å². The highest BCUT2D eigenvalue weighted by atomic mass is 16.5. The lowest BCUT2D eigenvalue weighted by atomic mass is 10.0. The summed E-state index contributed by atoms with van der Waals surface area (Å²) in [6.07, 6.45) is 0.427. The van der Waals surface area contributed by atoms with Crippen LogP contribution >= 0.6 is 0 Å². The van der Waals surface area contributed by atoms with Gasteiger partial charge in [0.2, 0.25) is 5.91 Å². The van der Waals surface area contributed by atoms with Gasteiger partial charge in [-0.3, -0.25) is 9.59 Å². The van der Waals surface area contributed by atoms with Gasteiger partial charge in [-0.2, -0.15) is 0 Å². The molecule has 2 amide bonds. The largest absolute Gasteiger partial charge is 0.497 e. The summed E-state index contributed by atoms with van der Waals surface area (Å²) < 4.78 is 10.9. The Balaban J connectivity index is 1.90. The number of aliphatic hydroxyl groups excluding tert-OH is 1. The number of nitrogens with zero attached hydrogens (tertiary/aromatic N) is 1. The van der Waals surface area contributed by atoms with Crippen molar-refractivity contribution >= 4 is 11.8 Å². The number of para-hydroxylation sites is 1. The molecule has 0 saturated heterocycles. The van der Waals surface area contributed by atoms with E-state index in [-0.39, 0.29) is 31.6 Å². The zero-order chi connectivity index (χ0) is 24.2. The molecular formula is C27H30N2O5. The Morgan fingerprint density at radius 1 is 0.912 bits per heavy atom. The van der Waals surface area contributed by atoms with Gasteiger partial charge in [0.15, 0.2) is 6.61 Å². The molecule has 0 aliphatic carbocycles. The first-order valence-electron chi connectivity index (χ1n) is 11.2. The molecule has 34 heavy (non-hydrogen) atoms. The second-order valence-corrected chi connectivity index (χ2v) is 7.65. The number of nitrogens with one attached hydrogen (secondary N) is 1. The monoisotopic (exact) mass is 462 g/mol. The summed E-state index contributed by atoms with van der Waals surface area (Å²) in [6, 6.07) is 24.7. The van der Waals surface area contributed by atoms with Crippen molar-refractivity contribution in [3.05, 3.63) is 96.1 Å². The first-order valence-corrected chi connectivity index (χ1v) is 11.2. The molecule has 0 aliphatic rings. The summed E-state index contributed by atoms with van der Waals surface area (Å²) in [7, 11) is 1.59. The van der Waals surface area contributed by atoms with E-state index in [0.29, 0.717) is 30.0 Å². The number of benzene rings is 3. The van der Waals surface area contributed by atoms with Crippen molar-refractivity contribution in [3.8, 4) is 11.5 Å². The molecule has 178 valence electrons. The molecule has 0 radical (unpaired) electrons. The van der Waals surface area contributed by atoms with E-state index < -0.39 is 6.04 Å². The second kappa shape index (κ2) is 13.0. The van der Waals surface area contributed by atoms with Gasteiger partial charge in [0.05, 0.1) is 7.11 Å². The van der Waals surface area contributed by atoms with E-state index in [2.05, 4.69) is 5.32 Å². The molecule has 3 aromatic rings. The Hall–Kier alpha value is -3.84. The highest BCUT2D eigenvalue weighted by molar-refractivity contribution is 5.89. The number of amides is 2. The van der Waals surface area contributed by atoms with Crippen molar-refractivity contribution in [3.63, 3.8) is 0 Å². The maximum absolute atomic E-state index is 13.4. The Bertz CT molecular complexity index is 1030. The highest BCUT2D eigenvalue weighted by Gasteiger charge is 2.31. The predicted molar refractivity (Wildman–Crippen MR) is 129 cm³/mol. The van der Waals surface area contributed by atoms with Crippen LogP contribution < -0.4 is 14.8 Å². The lowest BCUT2D eigenvalue weighted by Crippen LogP contribution is -2.45. The molecule has 0 heterocycles. The number of carbonyl (C=O) groups is 2. The summed E-state index contributed by atoms with van der Waals surface area (Å²) in [5.41, 5.74) is 1.53. The second-order valence-electron chi connectivity index (χ2n) is 7.65. The fraction of sp³-hybridized carbons (Fsp3) is 0.259. The maximum Gasteiger partial charge on any atom is 0.261 e. The Labute approximate surface area is 199 Å². The predicted octanol–water partition coefficient (Wildman–Crippen LogP) is 3.34. The summed E-state index contributed by atoms with van der Waals surface area (Å²) in [5.74, 6) is 0.631. The van der Waals surface area contributed by atoms with Crippen LogP contribution in [0, 0.1) is 0 Å². The summed E-state index contributed by atoms with van der Waals surface area (Å²) in [6.45, 7) is 0.265. The summed E-state index contributed by atoms with van der Waals surface area (Å²) >= 11 is 0. The zero-order valence-corrected chi connectivity index (χ0v) is 19.2. The number of rotatable bonds is 12. The van der Waals surface area contributed by atoms with E-state index >= 15 is 0 Å². The van der Waals surface area contributed by atoms with E-state index in [4.69, 9.17) is 14.6 Å². The van der Waals surface area contributed by atoms with Crippen LogP contribution in [0.15, 0.2) is 84.9 Å². The van der Waals surface area contributed by atoms with Gasteiger partial charge in [-0.05, 0) is 41.8 Å². The molecule has 7 nitrogen and oxygen atoms in total. The van der Waals surface area contributed by atoms with Gasteiger partial charge >= 0.3 is 0 Å². The van der Waals surface area contributed by atoms with Gasteiger partial charge in [0.25, 0.3) is 5.91 Å². The molecule has 0 aliphatic heterocycles. The molecule has 2 N–H and O–H groups in total. The number of carbonyl (C=O) groups excluding carboxylic acids is 2. The third kappa shape index (κ3) is 7.08. The normalized spacial score (nSPS) is 11.4. The van der Waals surface area contributed by atoms with E-state index in [1.54, 1.807) is 19.2 Å². The lowest BCUT2D eigenvalue weighted by molar-refractivity contribution is -0.143. The molecule has 7 heteroatoms. The number of hydrogen-bond acceptors (Lipinski definition) is 5. The van der Waals surface area contributed by atoms with Crippen molar-refractivity contribution in [1.29, 1.82) is 0 Å². The third-order valence-corrected chi connectivity index (χ3v) is 5.25. The minimum Gasteiger partial charge on any atom is -0.497 e. The minimum absolute atomic E-state index is 0.0321. The Morgan fingerprint density at radius 2 is 1.56 bits per heavy atom.